The van der Waals surface area contributed by atoms with Gasteiger partial charge in [-0.15, -0.1) is 0 Å². The average molecular weight is 866 g/mol. The van der Waals surface area contributed by atoms with Crippen LogP contribution < -0.4 is 30.5 Å². The van der Waals surface area contributed by atoms with E-state index < -0.39 is 8.07 Å². The van der Waals surface area contributed by atoms with Crippen molar-refractivity contribution < 1.29 is 0 Å². The lowest BCUT2D eigenvalue weighted by atomic mass is 9.80. The minimum Gasteiger partial charge on any atom is -0.309 e. The minimum atomic E-state index is -3.01. The lowest BCUT2D eigenvalue weighted by Crippen LogP contribution is -2.74. The molecule has 0 unspecified atom stereocenters. The largest absolute Gasteiger partial charge is 0.309 e. The molecule has 7 aromatic carbocycles. The van der Waals surface area contributed by atoms with Gasteiger partial charge in [0.15, 0.2) is 8.07 Å². The summed E-state index contributed by atoms with van der Waals surface area (Å²) < 4.78 is 0. The van der Waals surface area contributed by atoms with Crippen molar-refractivity contribution in [1.29, 1.82) is 0 Å². The minimum absolute atomic E-state index is 0.0863. The summed E-state index contributed by atoms with van der Waals surface area (Å²) in [6, 6.07) is 60.3. The fourth-order valence-corrected chi connectivity index (χ4v) is 14.3. The molecular weight excluding hydrogens is 800 g/mol. The van der Waals surface area contributed by atoms with Crippen LogP contribution in [0.2, 0.25) is 5.02 Å². The van der Waals surface area contributed by atoms with Gasteiger partial charge in [0.2, 0.25) is 0 Å². The van der Waals surface area contributed by atoms with Crippen molar-refractivity contribution in [2.24, 2.45) is 0 Å². The number of nitrogens with zero attached hydrogens (tertiary/aromatic N) is 2. The van der Waals surface area contributed by atoms with E-state index in [4.69, 9.17) is 11.6 Å². The summed E-state index contributed by atoms with van der Waals surface area (Å²) in [6.07, 6.45) is 0. The number of fused-ring (bicyclic) bond motifs is 6. The molecule has 8 rings (SSSR count). The van der Waals surface area contributed by atoms with E-state index >= 15 is 0 Å². The highest BCUT2D eigenvalue weighted by molar-refractivity contribution is 7.20. The summed E-state index contributed by atoms with van der Waals surface area (Å²) in [5.41, 5.74) is 12.2. The molecule has 0 fully saturated rings. The summed E-state index contributed by atoms with van der Waals surface area (Å²) in [4.78, 5) is 4.89. The Labute approximate surface area is 384 Å². The van der Waals surface area contributed by atoms with Crippen molar-refractivity contribution in [3.8, 4) is 0 Å². The Balaban J connectivity index is 1.59. The molecule has 0 amide bonds. The van der Waals surface area contributed by atoms with Crippen LogP contribution in [0.3, 0.4) is 0 Å². The molecule has 322 valence electrons. The molecule has 0 spiro atoms. The van der Waals surface area contributed by atoms with Crippen molar-refractivity contribution >= 4 is 74.5 Å². The quantitative estimate of drug-likeness (QED) is 0.163. The van der Waals surface area contributed by atoms with Gasteiger partial charge in [0, 0.05) is 22.7 Å². The molecule has 1 aliphatic rings. The molecule has 63 heavy (non-hydrogen) atoms. The number of hydrogen-bond acceptors (Lipinski definition) is 2. The normalized spacial score (nSPS) is 14.3. The zero-order chi connectivity index (χ0) is 45.3. The van der Waals surface area contributed by atoms with Gasteiger partial charge in [-0.3, -0.25) is 0 Å². The van der Waals surface area contributed by atoms with Crippen molar-refractivity contribution in [1.82, 2.24) is 0 Å². The molecule has 0 aromatic heterocycles. The van der Waals surface area contributed by atoms with Gasteiger partial charge < -0.3 is 9.80 Å². The number of rotatable bonds is 4. The van der Waals surface area contributed by atoms with Gasteiger partial charge in [0.25, 0.3) is 0 Å². The predicted octanol–water partition coefficient (Wildman–Crippen LogP) is 14.5. The molecule has 4 heteroatoms. The van der Waals surface area contributed by atoms with Crippen LogP contribution >= 0.6 is 11.6 Å². The van der Waals surface area contributed by atoms with E-state index in [1.165, 1.54) is 43.0 Å². The third kappa shape index (κ3) is 8.31. The first-order valence-corrected chi connectivity index (χ1v) is 25.0. The summed E-state index contributed by atoms with van der Waals surface area (Å²) in [5.74, 6) is 0. The standard InChI is InChI=1S/C59H65ClN2Si/c1-40-30-53-55(60)54(31-40)62(48-36-43(58(8,9)10)33-44(37-48)59(11,12)13)46-23-21-29-52(39-46)63(49-24-16-14-17-25-49,50-26-18-15-19-27-50)51-28-20-22-45(38-51)61(53)47-34-41(56(2,3)4)32-42(35-47)57(5,6)7/h14-39H,1-13H3. The van der Waals surface area contributed by atoms with E-state index in [2.05, 4.69) is 258 Å². The lowest BCUT2D eigenvalue weighted by Gasteiger charge is -2.38. The third-order valence-electron chi connectivity index (χ3n) is 13.0. The molecule has 6 bridgehead atoms. The Morgan fingerprint density at radius 2 is 0.667 bits per heavy atom. The Hall–Kier alpha value is -5.35. The summed E-state index contributed by atoms with van der Waals surface area (Å²) >= 11 is 8.12. The van der Waals surface area contributed by atoms with Crippen molar-refractivity contribution in [3.05, 3.63) is 191 Å². The van der Waals surface area contributed by atoms with E-state index in [0.29, 0.717) is 5.02 Å². The first-order valence-electron chi connectivity index (χ1n) is 22.6. The van der Waals surface area contributed by atoms with Crippen LogP contribution in [0.1, 0.15) is 111 Å². The van der Waals surface area contributed by atoms with Gasteiger partial charge in [0.05, 0.1) is 16.4 Å². The van der Waals surface area contributed by atoms with Gasteiger partial charge >= 0.3 is 0 Å². The van der Waals surface area contributed by atoms with Gasteiger partial charge in [-0.1, -0.05) is 192 Å². The van der Waals surface area contributed by atoms with Crippen LogP contribution in [0.4, 0.5) is 34.1 Å². The fraction of sp³-hybridized carbons (Fsp3) is 0.288. The highest BCUT2D eigenvalue weighted by Gasteiger charge is 2.43. The average Bonchev–Trinajstić information content (AvgIpc) is 3.22. The van der Waals surface area contributed by atoms with Crippen LogP contribution in [0.25, 0.3) is 0 Å². The molecule has 0 saturated carbocycles. The van der Waals surface area contributed by atoms with Gasteiger partial charge in [-0.2, -0.15) is 0 Å². The van der Waals surface area contributed by atoms with E-state index in [0.717, 1.165) is 39.7 Å². The first kappa shape index (κ1) is 44.3. The zero-order valence-electron chi connectivity index (χ0n) is 39.8. The predicted molar refractivity (Wildman–Crippen MR) is 278 cm³/mol. The highest BCUT2D eigenvalue weighted by Crippen LogP contribution is 2.49. The highest BCUT2D eigenvalue weighted by atomic mass is 35.5. The van der Waals surface area contributed by atoms with Crippen molar-refractivity contribution in [3.63, 3.8) is 0 Å². The lowest BCUT2D eigenvalue weighted by molar-refractivity contribution is 0.568. The zero-order valence-corrected chi connectivity index (χ0v) is 41.5. The molecular formula is C59H65ClN2Si. The molecule has 0 aliphatic carbocycles. The number of aryl methyl sites for hydroxylation is 1. The number of benzene rings is 7. The molecule has 0 N–H and O–H groups in total. The SMILES string of the molecule is Cc1cc2c(Cl)c(c1)N(c1cc(C(C)(C)C)cc(C(C)(C)C)c1)c1cccc(c1)[Si](c1ccccc1)(c1ccccc1)c1cccc(c1)N2c1cc(C(C)(C)C)cc(C(C)(C)C)c1. The summed E-state index contributed by atoms with van der Waals surface area (Å²) in [5, 5.41) is 5.99. The molecule has 0 saturated heterocycles. The second-order valence-electron chi connectivity index (χ2n) is 21.9. The van der Waals surface area contributed by atoms with E-state index in [9.17, 15) is 0 Å². The van der Waals surface area contributed by atoms with Crippen LogP contribution in [0.15, 0.2) is 158 Å². The maximum atomic E-state index is 8.12. The molecule has 2 nitrogen and oxygen atoms in total. The molecule has 0 atom stereocenters. The Kier molecular flexibility index (Phi) is 11.3. The maximum Gasteiger partial charge on any atom is 0.179 e. The van der Waals surface area contributed by atoms with Gasteiger partial charge in [0.1, 0.15) is 0 Å². The number of anilines is 6. The van der Waals surface area contributed by atoms with Crippen molar-refractivity contribution in [2.75, 3.05) is 9.80 Å². The second-order valence-corrected chi connectivity index (χ2v) is 26.1. The monoisotopic (exact) mass is 864 g/mol. The van der Waals surface area contributed by atoms with E-state index in [-0.39, 0.29) is 21.7 Å². The van der Waals surface area contributed by atoms with Crippen LogP contribution in [-0.2, 0) is 21.7 Å². The molecule has 7 aromatic rings. The van der Waals surface area contributed by atoms with Gasteiger partial charge in [-0.25, -0.2) is 0 Å². The molecule has 1 heterocycles. The topological polar surface area (TPSA) is 6.48 Å². The fourth-order valence-electron chi connectivity index (χ4n) is 9.26. The second kappa shape index (κ2) is 16.0. The number of hydrogen-bond donors (Lipinski definition) is 0. The van der Waals surface area contributed by atoms with E-state index in [1.807, 2.05) is 0 Å². The molecule has 1 aliphatic heterocycles. The first-order chi connectivity index (χ1) is 29.6. The Morgan fingerprint density at radius 1 is 0.349 bits per heavy atom. The Bertz CT molecular complexity index is 2540. The summed E-state index contributed by atoms with van der Waals surface area (Å²) in [6.45, 7) is 30.0. The smallest absolute Gasteiger partial charge is 0.179 e. The number of halogens is 1. The van der Waals surface area contributed by atoms with Crippen LogP contribution in [0.5, 0.6) is 0 Å². The summed E-state index contributed by atoms with van der Waals surface area (Å²) in [7, 11) is -3.01. The van der Waals surface area contributed by atoms with E-state index in [1.54, 1.807) is 0 Å². The van der Waals surface area contributed by atoms with Crippen LogP contribution in [-0.4, -0.2) is 8.07 Å². The molecule has 0 radical (unpaired) electrons. The van der Waals surface area contributed by atoms with Crippen LogP contribution in [0, 0.1) is 6.92 Å². The Morgan fingerprint density at radius 3 is 0.984 bits per heavy atom. The van der Waals surface area contributed by atoms with Crippen molar-refractivity contribution in [2.45, 2.75) is 112 Å². The third-order valence-corrected chi connectivity index (χ3v) is 18.1. The van der Waals surface area contributed by atoms with Gasteiger partial charge in [-0.05, 0) is 138 Å². The maximum absolute atomic E-state index is 8.12.